The molecule has 0 aromatic heterocycles. The van der Waals surface area contributed by atoms with Crippen LogP contribution in [0, 0.1) is 11.3 Å². The van der Waals surface area contributed by atoms with E-state index in [9.17, 15) is 9.90 Å². The van der Waals surface area contributed by atoms with Crippen LogP contribution in [0.3, 0.4) is 0 Å². The lowest BCUT2D eigenvalue weighted by Gasteiger charge is -2.52. The van der Waals surface area contributed by atoms with Gasteiger partial charge < -0.3 is 5.11 Å². The molecular formula is C22H25Cl2NO2. The van der Waals surface area contributed by atoms with Crippen LogP contribution in [-0.2, 0) is 4.79 Å². The van der Waals surface area contributed by atoms with Crippen LogP contribution in [-0.4, -0.2) is 28.6 Å². The van der Waals surface area contributed by atoms with Gasteiger partial charge in [-0.3, -0.25) is 9.69 Å². The largest absolute Gasteiger partial charge is 0.481 e. The van der Waals surface area contributed by atoms with E-state index in [1.54, 1.807) is 13.8 Å². The van der Waals surface area contributed by atoms with Gasteiger partial charge in [0, 0.05) is 22.6 Å². The number of hydrogen-bond acceptors (Lipinski definition) is 2. The van der Waals surface area contributed by atoms with E-state index in [2.05, 4.69) is 36.1 Å². The summed E-state index contributed by atoms with van der Waals surface area (Å²) in [5.41, 5.74) is 1.63. The van der Waals surface area contributed by atoms with Gasteiger partial charge in [0.25, 0.3) is 0 Å². The van der Waals surface area contributed by atoms with Crippen molar-refractivity contribution in [3.05, 3.63) is 69.7 Å². The molecule has 1 fully saturated rings. The fourth-order valence-corrected chi connectivity index (χ4v) is 4.16. The molecule has 0 bridgehead atoms. The van der Waals surface area contributed by atoms with Crippen molar-refractivity contribution < 1.29 is 9.90 Å². The highest BCUT2D eigenvalue weighted by Crippen LogP contribution is 2.43. The quantitative estimate of drug-likeness (QED) is 0.649. The molecule has 5 heteroatoms. The Kier molecular flexibility index (Phi) is 5.85. The second-order valence-electron chi connectivity index (χ2n) is 8.10. The van der Waals surface area contributed by atoms with E-state index in [-0.39, 0.29) is 6.04 Å². The van der Waals surface area contributed by atoms with Crippen molar-refractivity contribution >= 4 is 29.2 Å². The zero-order valence-electron chi connectivity index (χ0n) is 15.8. The molecule has 2 atom stereocenters. The predicted molar refractivity (Wildman–Crippen MR) is 110 cm³/mol. The van der Waals surface area contributed by atoms with Crippen LogP contribution in [0.4, 0.5) is 0 Å². The standard InChI is InChI=1S/C22H25Cl2NO2/c1-14-17(12-22(2,3)21(26)27)13-25(14)20(15-4-8-18(23)9-5-15)16-6-10-19(24)11-7-16/h4-11,14,17,20H,12-13H2,1-3H3,(H,26,27)/t14-,17+/m1/s1. The van der Waals surface area contributed by atoms with E-state index in [1.807, 2.05) is 24.3 Å². The third-order valence-electron chi connectivity index (χ3n) is 5.71. The van der Waals surface area contributed by atoms with Crippen LogP contribution in [0.2, 0.25) is 10.0 Å². The van der Waals surface area contributed by atoms with Gasteiger partial charge in [0.15, 0.2) is 0 Å². The van der Waals surface area contributed by atoms with Crippen molar-refractivity contribution in [2.24, 2.45) is 11.3 Å². The molecule has 1 N–H and O–H groups in total. The SMILES string of the molecule is C[C@@H]1[C@@H](CC(C)(C)C(=O)O)CN1C(c1ccc(Cl)cc1)c1ccc(Cl)cc1. The zero-order chi connectivity index (χ0) is 19.8. The maximum atomic E-state index is 11.5. The van der Waals surface area contributed by atoms with Crippen LogP contribution in [0.15, 0.2) is 48.5 Å². The molecule has 1 heterocycles. The highest BCUT2D eigenvalue weighted by atomic mass is 35.5. The van der Waals surface area contributed by atoms with Gasteiger partial charge in [-0.1, -0.05) is 47.5 Å². The highest BCUT2D eigenvalue weighted by Gasteiger charge is 2.44. The maximum absolute atomic E-state index is 11.5. The van der Waals surface area contributed by atoms with Crippen LogP contribution < -0.4 is 0 Å². The zero-order valence-corrected chi connectivity index (χ0v) is 17.3. The van der Waals surface area contributed by atoms with E-state index in [0.29, 0.717) is 28.4 Å². The minimum atomic E-state index is -0.736. The summed E-state index contributed by atoms with van der Waals surface area (Å²) in [5, 5.41) is 10.9. The number of carboxylic acid groups (broad SMARTS) is 1. The Morgan fingerprint density at radius 2 is 1.52 bits per heavy atom. The lowest BCUT2D eigenvalue weighted by atomic mass is 9.74. The molecule has 27 heavy (non-hydrogen) atoms. The first-order valence-corrected chi connectivity index (χ1v) is 9.95. The third-order valence-corrected chi connectivity index (χ3v) is 6.21. The molecule has 144 valence electrons. The first kappa shape index (κ1) is 20.2. The number of halogens is 2. The van der Waals surface area contributed by atoms with E-state index in [4.69, 9.17) is 23.2 Å². The molecule has 0 saturated carbocycles. The molecular weight excluding hydrogens is 381 g/mol. The van der Waals surface area contributed by atoms with Gasteiger partial charge in [0.05, 0.1) is 11.5 Å². The average molecular weight is 406 g/mol. The molecule has 3 rings (SSSR count). The van der Waals surface area contributed by atoms with Gasteiger partial charge in [0.1, 0.15) is 0 Å². The molecule has 3 nitrogen and oxygen atoms in total. The summed E-state index contributed by atoms with van der Waals surface area (Å²) in [7, 11) is 0. The second-order valence-corrected chi connectivity index (χ2v) is 8.97. The second kappa shape index (κ2) is 7.83. The lowest BCUT2D eigenvalue weighted by Crippen LogP contribution is -2.57. The number of nitrogens with zero attached hydrogens (tertiary/aromatic N) is 1. The fourth-order valence-electron chi connectivity index (χ4n) is 3.91. The smallest absolute Gasteiger partial charge is 0.309 e. The monoisotopic (exact) mass is 405 g/mol. The van der Waals surface area contributed by atoms with Crippen LogP contribution >= 0.6 is 23.2 Å². The van der Waals surface area contributed by atoms with E-state index in [0.717, 1.165) is 6.54 Å². The molecule has 2 aromatic rings. The summed E-state index contributed by atoms with van der Waals surface area (Å²) in [5.74, 6) is -0.377. The lowest BCUT2D eigenvalue weighted by molar-refractivity contribution is -0.149. The minimum absolute atomic E-state index is 0.0960. The number of hydrogen-bond donors (Lipinski definition) is 1. The van der Waals surface area contributed by atoms with Crippen LogP contribution in [0.1, 0.15) is 44.4 Å². The first-order valence-electron chi connectivity index (χ1n) is 9.19. The number of aliphatic carboxylic acids is 1. The molecule has 1 aliphatic heterocycles. The van der Waals surface area contributed by atoms with Crippen molar-refractivity contribution in [1.29, 1.82) is 0 Å². The minimum Gasteiger partial charge on any atom is -0.481 e. The Morgan fingerprint density at radius 3 is 1.89 bits per heavy atom. The topological polar surface area (TPSA) is 40.5 Å². The molecule has 2 aromatic carbocycles. The summed E-state index contributed by atoms with van der Waals surface area (Å²) in [6.45, 7) is 6.67. The van der Waals surface area contributed by atoms with Crippen molar-refractivity contribution in [3.63, 3.8) is 0 Å². The molecule has 0 aliphatic carbocycles. The summed E-state index contributed by atoms with van der Waals surface area (Å²) < 4.78 is 0. The van der Waals surface area contributed by atoms with E-state index in [1.165, 1.54) is 11.1 Å². The Balaban J connectivity index is 1.85. The Hall–Kier alpha value is -1.55. The molecule has 0 radical (unpaired) electrons. The van der Waals surface area contributed by atoms with Gasteiger partial charge in [-0.05, 0) is 68.5 Å². The van der Waals surface area contributed by atoms with Gasteiger partial charge in [0.2, 0.25) is 0 Å². The Morgan fingerprint density at radius 1 is 1.07 bits per heavy atom. The van der Waals surface area contributed by atoms with Crippen LogP contribution in [0.25, 0.3) is 0 Å². The Labute approximate surface area is 170 Å². The van der Waals surface area contributed by atoms with Gasteiger partial charge in [-0.15, -0.1) is 0 Å². The van der Waals surface area contributed by atoms with Gasteiger partial charge in [-0.25, -0.2) is 0 Å². The summed E-state index contributed by atoms with van der Waals surface area (Å²) >= 11 is 12.2. The predicted octanol–water partition coefficient (Wildman–Crippen LogP) is 5.90. The van der Waals surface area contributed by atoms with Crippen molar-refractivity contribution in [2.45, 2.75) is 39.3 Å². The number of benzene rings is 2. The third kappa shape index (κ3) is 4.31. The van der Waals surface area contributed by atoms with Gasteiger partial charge in [-0.2, -0.15) is 0 Å². The van der Waals surface area contributed by atoms with E-state index < -0.39 is 11.4 Å². The molecule has 1 saturated heterocycles. The Bertz CT molecular complexity index is 757. The number of likely N-dealkylation sites (tertiary alicyclic amines) is 1. The molecule has 0 amide bonds. The molecule has 0 spiro atoms. The summed E-state index contributed by atoms with van der Waals surface area (Å²) in [4.78, 5) is 13.9. The summed E-state index contributed by atoms with van der Waals surface area (Å²) in [6.07, 6.45) is 0.675. The molecule has 1 aliphatic rings. The average Bonchev–Trinajstić information content (AvgIpc) is 2.62. The van der Waals surface area contributed by atoms with Crippen molar-refractivity contribution in [1.82, 2.24) is 4.90 Å². The number of carbonyl (C=O) groups is 1. The summed E-state index contributed by atoms with van der Waals surface area (Å²) in [6, 6.07) is 16.3. The number of carboxylic acids is 1. The maximum Gasteiger partial charge on any atom is 0.309 e. The van der Waals surface area contributed by atoms with Gasteiger partial charge >= 0.3 is 5.97 Å². The molecule has 0 unspecified atom stereocenters. The first-order chi connectivity index (χ1) is 12.7. The fraction of sp³-hybridized carbons (Fsp3) is 0.409. The normalized spacial score (nSPS) is 20.5. The number of rotatable bonds is 6. The van der Waals surface area contributed by atoms with Crippen LogP contribution in [0.5, 0.6) is 0 Å². The van der Waals surface area contributed by atoms with Crippen molar-refractivity contribution in [3.8, 4) is 0 Å². The van der Waals surface area contributed by atoms with E-state index >= 15 is 0 Å². The highest BCUT2D eigenvalue weighted by molar-refractivity contribution is 6.30. The van der Waals surface area contributed by atoms with Crippen molar-refractivity contribution in [2.75, 3.05) is 6.54 Å².